The van der Waals surface area contributed by atoms with Crippen molar-refractivity contribution in [3.05, 3.63) is 114 Å². The van der Waals surface area contributed by atoms with E-state index in [1.54, 1.807) is 36.5 Å². The van der Waals surface area contributed by atoms with Crippen LogP contribution in [0, 0.1) is 0 Å². The van der Waals surface area contributed by atoms with Crippen molar-refractivity contribution in [3.63, 3.8) is 0 Å². The molecule has 0 bridgehead atoms. The Morgan fingerprint density at radius 1 is 1.00 bits per heavy atom. The second-order valence-electron chi connectivity index (χ2n) is 9.24. The molecule has 0 saturated carbocycles. The largest absolute Gasteiger partial charge is 0.416 e. The molecule has 0 spiro atoms. The van der Waals surface area contributed by atoms with E-state index in [1.807, 2.05) is 36.4 Å². The zero-order chi connectivity index (χ0) is 26.0. The standard InChI is InChI=1S/C30H26F3N3O/c1-20-17-22-18-25(11-13-28(22)36(20)16-14-24-9-5-6-15-34-24)35-29(37)27-19-23(30(31,32)33)10-12-26(27)21-7-3-2-4-8-21/h2-13,15,18-20H,14,16-17H2,1H3,(H,35,37). The van der Waals surface area contributed by atoms with Crippen LogP contribution in [-0.4, -0.2) is 23.5 Å². The van der Waals surface area contributed by atoms with Crippen molar-refractivity contribution in [2.75, 3.05) is 16.8 Å². The minimum atomic E-state index is -4.55. The Kier molecular flexibility index (Phi) is 6.70. The Bertz CT molecular complexity index is 1410. The second kappa shape index (κ2) is 10.1. The highest BCUT2D eigenvalue weighted by molar-refractivity contribution is 6.09. The lowest BCUT2D eigenvalue weighted by molar-refractivity contribution is -0.137. The monoisotopic (exact) mass is 501 g/mol. The first-order valence-corrected chi connectivity index (χ1v) is 12.2. The molecule has 1 amide bonds. The molecule has 7 heteroatoms. The number of hydrogen-bond acceptors (Lipinski definition) is 3. The maximum absolute atomic E-state index is 13.4. The molecular formula is C30H26F3N3O. The van der Waals surface area contributed by atoms with Gasteiger partial charge in [-0.1, -0.05) is 42.5 Å². The van der Waals surface area contributed by atoms with E-state index in [0.717, 1.165) is 48.5 Å². The topological polar surface area (TPSA) is 45.2 Å². The van der Waals surface area contributed by atoms with Gasteiger partial charge in [-0.15, -0.1) is 0 Å². The minimum absolute atomic E-state index is 0.0214. The third-order valence-corrected chi connectivity index (χ3v) is 6.71. The van der Waals surface area contributed by atoms with E-state index >= 15 is 0 Å². The van der Waals surface area contributed by atoms with E-state index in [4.69, 9.17) is 0 Å². The zero-order valence-corrected chi connectivity index (χ0v) is 20.3. The van der Waals surface area contributed by atoms with Crippen LogP contribution in [0.1, 0.15) is 34.1 Å². The number of carbonyl (C=O) groups is 1. The number of halogens is 3. The van der Waals surface area contributed by atoms with Crippen LogP contribution >= 0.6 is 0 Å². The van der Waals surface area contributed by atoms with Gasteiger partial charge in [0.2, 0.25) is 0 Å². The number of pyridine rings is 1. The summed E-state index contributed by atoms with van der Waals surface area (Å²) in [5.74, 6) is -0.581. The molecule has 0 saturated heterocycles. The molecule has 1 aromatic heterocycles. The van der Waals surface area contributed by atoms with E-state index in [-0.39, 0.29) is 11.6 Å². The molecule has 0 radical (unpaired) electrons. The smallest absolute Gasteiger partial charge is 0.368 e. The quantitative estimate of drug-likeness (QED) is 0.309. The molecule has 1 unspecified atom stereocenters. The number of fused-ring (bicyclic) bond motifs is 1. The van der Waals surface area contributed by atoms with Crippen LogP contribution in [0.3, 0.4) is 0 Å². The first-order chi connectivity index (χ1) is 17.8. The van der Waals surface area contributed by atoms with Crippen molar-refractivity contribution in [1.29, 1.82) is 0 Å². The van der Waals surface area contributed by atoms with Crippen LogP contribution in [-0.2, 0) is 19.0 Å². The number of hydrogen-bond donors (Lipinski definition) is 1. The third-order valence-electron chi connectivity index (χ3n) is 6.71. The molecule has 0 aliphatic carbocycles. The summed E-state index contributed by atoms with van der Waals surface area (Å²) in [6.07, 6.45) is -1.12. The van der Waals surface area contributed by atoms with Gasteiger partial charge in [0.05, 0.1) is 5.56 Å². The number of benzene rings is 3. The first kappa shape index (κ1) is 24.6. The van der Waals surface area contributed by atoms with E-state index < -0.39 is 17.6 Å². The fourth-order valence-electron chi connectivity index (χ4n) is 4.87. The van der Waals surface area contributed by atoms with Crippen LogP contribution in [0.5, 0.6) is 0 Å². The summed E-state index contributed by atoms with van der Waals surface area (Å²) < 4.78 is 40.3. The summed E-state index contributed by atoms with van der Waals surface area (Å²) in [5, 5.41) is 2.83. The van der Waals surface area contributed by atoms with E-state index in [1.165, 1.54) is 6.07 Å². The van der Waals surface area contributed by atoms with Crippen molar-refractivity contribution in [1.82, 2.24) is 4.98 Å². The number of rotatable bonds is 6. The number of aromatic nitrogens is 1. The SMILES string of the molecule is CC1Cc2cc(NC(=O)c3cc(C(F)(F)F)ccc3-c3ccccc3)ccc2N1CCc1ccccn1. The van der Waals surface area contributed by atoms with Gasteiger partial charge in [-0.05, 0) is 72.5 Å². The molecule has 37 heavy (non-hydrogen) atoms. The highest BCUT2D eigenvalue weighted by Crippen LogP contribution is 2.36. The van der Waals surface area contributed by atoms with Crippen molar-refractivity contribution >= 4 is 17.3 Å². The molecule has 3 aromatic carbocycles. The van der Waals surface area contributed by atoms with Crippen LogP contribution in [0.15, 0.2) is 91.1 Å². The molecule has 2 heterocycles. The highest BCUT2D eigenvalue weighted by Gasteiger charge is 2.32. The molecular weight excluding hydrogens is 475 g/mol. The van der Waals surface area contributed by atoms with Crippen LogP contribution in [0.4, 0.5) is 24.5 Å². The van der Waals surface area contributed by atoms with Crippen molar-refractivity contribution in [2.24, 2.45) is 0 Å². The van der Waals surface area contributed by atoms with Gasteiger partial charge in [0, 0.05) is 47.8 Å². The molecule has 188 valence electrons. The Morgan fingerprint density at radius 3 is 2.51 bits per heavy atom. The number of alkyl halides is 3. The average molecular weight is 502 g/mol. The molecule has 0 fully saturated rings. The van der Waals surface area contributed by atoms with Gasteiger partial charge < -0.3 is 10.2 Å². The molecule has 4 nitrogen and oxygen atoms in total. The van der Waals surface area contributed by atoms with Crippen LogP contribution < -0.4 is 10.2 Å². The maximum atomic E-state index is 13.4. The van der Waals surface area contributed by atoms with Gasteiger partial charge in [0.15, 0.2) is 0 Å². The lowest BCUT2D eigenvalue weighted by atomic mass is 9.96. The van der Waals surface area contributed by atoms with Gasteiger partial charge in [-0.2, -0.15) is 13.2 Å². The Morgan fingerprint density at radius 2 is 1.78 bits per heavy atom. The minimum Gasteiger partial charge on any atom is -0.368 e. The number of anilines is 2. The number of carbonyl (C=O) groups excluding carboxylic acids is 1. The van der Waals surface area contributed by atoms with Crippen molar-refractivity contribution < 1.29 is 18.0 Å². The van der Waals surface area contributed by atoms with Gasteiger partial charge in [-0.25, -0.2) is 0 Å². The number of nitrogens with zero attached hydrogens (tertiary/aromatic N) is 2. The number of nitrogens with one attached hydrogen (secondary N) is 1. The number of amides is 1. The van der Waals surface area contributed by atoms with E-state index in [2.05, 4.69) is 22.1 Å². The van der Waals surface area contributed by atoms with E-state index in [0.29, 0.717) is 16.8 Å². The zero-order valence-electron chi connectivity index (χ0n) is 20.3. The summed E-state index contributed by atoms with van der Waals surface area (Å²) in [6.45, 7) is 2.98. The van der Waals surface area contributed by atoms with Gasteiger partial charge in [-0.3, -0.25) is 9.78 Å². The lowest BCUT2D eigenvalue weighted by Gasteiger charge is -2.24. The summed E-state index contributed by atoms with van der Waals surface area (Å²) in [5.41, 5.74) is 4.02. The fraction of sp³-hybridized carbons (Fsp3) is 0.200. The Balaban J connectivity index is 1.39. The van der Waals surface area contributed by atoms with E-state index in [9.17, 15) is 18.0 Å². The van der Waals surface area contributed by atoms with Gasteiger partial charge in [0.1, 0.15) is 0 Å². The predicted octanol–water partition coefficient (Wildman–Crippen LogP) is 7.01. The summed E-state index contributed by atoms with van der Waals surface area (Å²) in [7, 11) is 0. The normalized spacial score (nSPS) is 14.9. The Labute approximate surface area is 213 Å². The molecule has 1 aliphatic heterocycles. The highest BCUT2D eigenvalue weighted by atomic mass is 19.4. The molecule has 4 aromatic rings. The van der Waals surface area contributed by atoms with Gasteiger partial charge in [0.25, 0.3) is 5.91 Å². The summed E-state index contributed by atoms with van der Waals surface area (Å²) in [6, 6.07) is 24.1. The predicted molar refractivity (Wildman–Crippen MR) is 140 cm³/mol. The van der Waals surface area contributed by atoms with Crippen molar-refractivity contribution in [2.45, 2.75) is 32.0 Å². The van der Waals surface area contributed by atoms with Crippen molar-refractivity contribution in [3.8, 4) is 11.1 Å². The average Bonchev–Trinajstić information content (AvgIpc) is 3.21. The first-order valence-electron chi connectivity index (χ1n) is 12.2. The lowest BCUT2D eigenvalue weighted by Crippen LogP contribution is -2.31. The molecule has 1 aliphatic rings. The molecule has 5 rings (SSSR count). The maximum Gasteiger partial charge on any atom is 0.416 e. The second-order valence-corrected chi connectivity index (χ2v) is 9.24. The van der Waals surface area contributed by atoms with Crippen LogP contribution in [0.2, 0.25) is 0 Å². The summed E-state index contributed by atoms with van der Waals surface area (Å²) >= 11 is 0. The Hall–Kier alpha value is -4.13. The summed E-state index contributed by atoms with van der Waals surface area (Å²) in [4.78, 5) is 20.0. The molecule has 1 atom stereocenters. The fourth-order valence-corrected chi connectivity index (χ4v) is 4.87. The molecule has 1 N–H and O–H groups in total. The van der Waals surface area contributed by atoms with Crippen LogP contribution in [0.25, 0.3) is 11.1 Å². The van der Waals surface area contributed by atoms with Gasteiger partial charge >= 0.3 is 6.18 Å². The third kappa shape index (κ3) is 5.35.